The van der Waals surface area contributed by atoms with E-state index in [4.69, 9.17) is 5.73 Å². The molecule has 18 heavy (non-hydrogen) atoms. The molecule has 1 saturated heterocycles. The highest BCUT2D eigenvalue weighted by atomic mass is 16.2. The summed E-state index contributed by atoms with van der Waals surface area (Å²) in [6.45, 7) is 5.38. The third-order valence-electron chi connectivity index (χ3n) is 4.74. The molecule has 0 bridgehead atoms. The SMILES string of the molecule is CC(C)C1CCCN1C(=O)CC1(N)CCCCC1. The van der Waals surface area contributed by atoms with Crippen molar-refractivity contribution in [3.63, 3.8) is 0 Å². The lowest BCUT2D eigenvalue weighted by Crippen LogP contribution is -2.48. The van der Waals surface area contributed by atoms with Crippen LogP contribution in [0.15, 0.2) is 0 Å². The predicted molar refractivity (Wildman–Crippen MR) is 74.2 cm³/mol. The predicted octanol–water partition coefficient (Wildman–Crippen LogP) is 2.69. The Balaban J connectivity index is 1.94. The molecule has 2 rings (SSSR count). The highest BCUT2D eigenvalue weighted by Gasteiger charge is 2.36. The average Bonchev–Trinajstić information content (AvgIpc) is 2.78. The molecule has 2 fully saturated rings. The number of nitrogens with zero attached hydrogens (tertiary/aromatic N) is 1. The summed E-state index contributed by atoms with van der Waals surface area (Å²) in [5, 5.41) is 0. The molecule has 0 aromatic heterocycles. The van der Waals surface area contributed by atoms with Gasteiger partial charge in [0.15, 0.2) is 0 Å². The van der Waals surface area contributed by atoms with E-state index in [0.29, 0.717) is 24.3 Å². The first kappa shape index (κ1) is 13.9. The summed E-state index contributed by atoms with van der Waals surface area (Å²) < 4.78 is 0. The molecule has 1 heterocycles. The first-order chi connectivity index (χ1) is 8.52. The number of amides is 1. The molecule has 1 saturated carbocycles. The van der Waals surface area contributed by atoms with Gasteiger partial charge in [-0.05, 0) is 31.6 Å². The molecule has 1 atom stereocenters. The van der Waals surface area contributed by atoms with E-state index in [1.807, 2.05) is 0 Å². The van der Waals surface area contributed by atoms with E-state index >= 15 is 0 Å². The normalized spacial score (nSPS) is 27.8. The van der Waals surface area contributed by atoms with Crippen molar-refractivity contribution in [3.05, 3.63) is 0 Å². The van der Waals surface area contributed by atoms with E-state index < -0.39 is 0 Å². The van der Waals surface area contributed by atoms with Gasteiger partial charge in [-0.3, -0.25) is 4.79 Å². The molecule has 104 valence electrons. The van der Waals surface area contributed by atoms with Crippen LogP contribution < -0.4 is 5.73 Å². The van der Waals surface area contributed by atoms with Crippen molar-refractivity contribution in [3.8, 4) is 0 Å². The summed E-state index contributed by atoms with van der Waals surface area (Å²) >= 11 is 0. The fraction of sp³-hybridized carbons (Fsp3) is 0.933. The van der Waals surface area contributed by atoms with Crippen LogP contribution >= 0.6 is 0 Å². The average molecular weight is 252 g/mol. The molecule has 1 unspecified atom stereocenters. The maximum absolute atomic E-state index is 12.5. The van der Waals surface area contributed by atoms with Crippen molar-refractivity contribution in [2.75, 3.05) is 6.54 Å². The molecule has 0 aromatic carbocycles. The van der Waals surface area contributed by atoms with Gasteiger partial charge in [0.25, 0.3) is 0 Å². The maximum atomic E-state index is 12.5. The largest absolute Gasteiger partial charge is 0.339 e. The lowest BCUT2D eigenvalue weighted by atomic mass is 9.80. The molecule has 2 aliphatic rings. The van der Waals surface area contributed by atoms with Crippen molar-refractivity contribution in [1.82, 2.24) is 4.90 Å². The second-order valence-corrected chi connectivity index (χ2v) is 6.64. The summed E-state index contributed by atoms with van der Waals surface area (Å²) in [7, 11) is 0. The Hall–Kier alpha value is -0.570. The van der Waals surface area contributed by atoms with E-state index in [-0.39, 0.29) is 5.54 Å². The van der Waals surface area contributed by atoms with E-state index in [1.165, 1.54) is 25.7 Å². The van der Waals surface area contributed by atoms with E-state index in [2.05, 4.69) is 18.7 Å². The number of hydrogen-bond acceptors (Lipinski definition) is 2. The van der Waals surface area contributed by atoms with Gasteiger partial charge in [-0.15, -0.1) is 0 Å². The van der Waals surface area contributed by atoms with E-state index in [1.54, 1.807) is 0 Å². The highest BCUT2D eigenvalue weighted by molar-refractivity contribution is 5.78. The van der Waals surface area contributed by atoms with Crippen LogP contribution in [0.5, 0.6) is 0 Å². The van der Waals surface area contributed by atoms with Crippen molar-refractivity contribution in [1.29, 1.82) is 0 Å². The second-order valence-electron chi connectivity index (χ2n) is 6.64. The number of carbonyl (C=O) groups is 1. The molecule has 3 nitrogen and oxygen atoms in total. The van der Waals surface area contributed by atoms with Gasteiger partial charge in [0, 0.05) is 24.5 Å². The summed E-state index contributed by atoms with van der Waals surface area (Å²) in [4.78, 5) is 14.6. The van der Waals surface area contributed by atoms with Crippen LogP contribution in [0.25, 0.3) is 0 Å². The first-order valence-electron chi connectivity index (χ1n) is 7.60. The maximum Gasteiger partial charge on any atom is 0.224 e. The van der Waals surface area contributed by atoms with Crippen LogP contribution in [0.3, 0.4) is 0 Å². The summed E-state index contributed by atoms with van der Waals surface area (Å²) in [5.74, 6) is 0.868. The summed E-state index contributed by atoms with van der Waals surface area (Å²) in [6, 6.07) is 0.449. The summed E-state index contributed by atoms with van der Waals surface area (Å²) in [6.07, 6.45) is 8.61. The van der Waals surface area contributed by atoms with Crippen LogP contribution in [0.1, 0.15) is 65.2 Å². The minimum atomic E-state index is -0.209. The Morgan fingerprint density at radius 2 is 1.94 bits per heavy atom. The van der Waals surface area contributed by atoms with Crippen LogP contribution in [0.2, 0.25) is 0 Å². The minimum absolute atomic E-state index is 0.209. The van der Waals surface area contributed by atoms with Crippen molar-refractivity contribution in [2.45, 2.75) is 76.8 Å². The van der Waals surface area contributed by atoms with E-state index in [9.17, 15) is 4.79 Å². The second kappa shape index (κ2) is 5.60. The fourth-order valence-electron chi connectivity index (χ4n) is 3.63. The van der Waals surface area contributed by atoms with Crippen LogP contribution in [0, 0.1) is 5.92 Å². The van der Waals surface area contributed by atoms with Gasteiger partial charge < -0.3 is 10.6 Å². The number of nitrogens with two attached hydrogens (primary N) is 1. The van der Waals surface area contributed by atoms with Gasteiger partial charge in [0.05, 0.1) is 0 Å². The number of likely N-dealkylation sites (tertiary alicyclic amines) is 1. The third-order valence-corrected chi connectivity index (χ3v) is 4.74. The Morgan fingerprint density at radius 1 is 1.28 bits per heavy atom. The van der Waals surface area contributed by atoms with Gasteiger partial charge in [-0.2, -0.15) is 0 Å². The Labute approximate surface area is 111 Å². The summed E-state index contributed by atoms with van der Waals surface area (Å²) in [5.41, 5.74) is 6.19. The zero-order valence-corrected chi connectivity index (χ0v) is 12.0. The van der Waals surface area contributed by atoms with Gasteiger partial charge in [-0.25, -0.2) is 0 Å². The Kier molecular flexibility index (Phi) is 4.31. The molecule has 1 amide bonds. The van der Waals surface area contributed by atoms with Gasteiger partial charge >= 0.3 is 0 Å². The zero-order chi connectivity index (χ0) is 13.2. The van der Waals surface area contributed by atoms with Crippen molar-refractivity contribution < 1.29 is 4.79 Å². The molecule has 2 N–H and O–H groups in total. The van der Waals surface area contributed by atoms with Gasteiger partial charge in [-0.1, -0.05) is 33.1 Å². The topological polar surface area (TPSA) is 46.3 Å². The van der Waals surface area contributed by atoms with Crippen LogP contribution in [-0.4, -0.2) is 28.9 Å². The molecular formula is C15H28N2O. The Morgan fingerprint density at radius 3 is 2.56 bits per heavy atom. The van der Waals surface area contributed by atoms with Crippen molar-refractivity contribution >= 4 is 5.91 Å². The van der Waals surface area contributed by atoms with Crippen molar-refractivity contribution in [2.24, 2.45) is 11.7 Å². The van der Waals surface area contributed by atoms with E-state index in [0.717, 1.165) is 25.8 Å². The van der Waals surface area contributed by atoms with Crippen LogP contribution in [-0.2, 0) is 4.79 Å². The molecule has 3 heteroatoms. The molecular weight excluding hydrogens is 224 g/mol. The molecule has 0 aromatic rings. The highest BCUT2D eigenvalue weighted by Crippen LogP contribution is 2.31. The number of carbonyl (C=O) groups excluding carboxylic acids is 1. The molecule has 1 aliphatic carbocycles. The lowest BCUT2D eigenvalue weighted by Gasteiger charge is -2.36. The minimum Gasteiger partial charge on any atom is -0.339 e. The monoisotopic (exact) mass is 252 g/mol. The number of rotatable bonds is 3. The van der Waals surface area contributed by atoms with Gasteiger partial charge in [0.1, 0.15) is 0 Å². The van der Waals surface area contributed by atoms with Gasteiger partial charge in [0.2, 0.25) is 5.91 Å². The zero-order valence-electron chi connectivity index (χ0n) is 12.0. The van der Waals surface area contributed by atoms with Crippen LogP contribution in [0.4, 0.5) is 0 Å². The standard InChI is InChI=1S/C15H28N2O/c1-12(2)13-7-6-10-17(13)14(18)11-15(16)8-4-3-5-9-15/h12-13H,3-11,16H2,1-2H3. The Bertz CT molecular complexity index is 295. The first-order valence-corrected chi connectivity index (χ1v) is 7.60. The quantitative estimate of drug-likeness (QED) is 0.839. The lowest BCUT2D eigenvalue weighted by molar-refractivity contribution is -0.134. The number of hydrogen-bond donors (Lipinski definition) is 1. The molecule has 0 radical (unpaired) electrons. The molecule has 0 spiro atoms. The fourth-order valence-corrected chi connectivity index (χ4v) is 3.63. The smallest absolute Gasteiger partial charge is 0.224 e. The molecule has 1 aliphatic heterocycles. The third kappa shape index (κ3) is 3.05.